The third-order valence-corrected chi connectivity index (χ3v) is 2.43. The molecule has 20 heavy (non-hydrogen) atoms. The number of nitrogens with one attached hydrogen (secondary N) is 2. The van der Waals surface area contributed by atoms with Crippen LogP contribution < -0.4 is 15.4 Å². The van der Waals surface area contributed by atoms with Gasteiger partial charge < -0.3 is 10.1 Å². The molecular formula is C15H22N2O3. The first-order valence-electron chi connectivity index (χ1n) is 6.54. The summed E-state index contributed by atoms with van der Waals surface area (Å²) in [6.45, 7) is 9.08. The minimum Gasteiger partial charge on any atom is -0.481 e. The fraction of sp³-hybridized carbons (Fsp3) is 0.467. The first-order chi connectivity index (χ1) is 9.17. The van der Waals surface area contributed by atoms with Crippen molar-refractivity contribution in [1.29, 1.82) is 0 Å². The first-order valence-corrected chi connectivity index (χ1v) is 6.54. The average molecular weight is 278 g/mol. The van der Waals surface area contributed by atoms with Crippen LogP contribution in [0.25, 0.3) is 0 Å². The second-order valence-corrected chi connectivity index (χ2v) is 5.77. The summed E-state index contributed by atoms with van der Waals surface area (Å²) >= 11 is 0. The van der Waals surface area contributed by atoms with Crippen LogP contribution in [0.15, 0.2) is 24.3 Å². The van der Waals surface area contributed by atoms with Crippen molar-refractivity contribution in [2.75, 3.05) is 0 Å². The average Bonchev–Trinajstić information content (AvgIpc) is 2.29. The maximum atomic E-state index is 11.8. The Labute approximate surface area is 119 Å². The molecule has 1 rings (SSSR count). The van der Waals surface area contributed by atoms with Crippen molar-refractivity contribution in [1.82, 2.24) is 10.6 Å². The number of imide groups is 1. The Bertz CT molecular complexity index is 475. The molecule has 5 nitrogen and oxygen atoms in total. The van der Waals surface area contributed by atoms with E-state index in [2.05, 4.69) is 10.6 Å². The molecule has 1 aromatic rings. The molecule has 0 bridgehead atoms. The number of rotatable bonds is 3. The standard InChI is InChI=1S/C15H22N2O3/c1-10-6-8-12(9-7-10)20-11(2)13(18)16-14(19)17-15(3,4)5/h6-9,11H,1-5H3,(H2,16,17,18,19). The Kier molecular flexibility index (Phi) is 5.13. The zero-order valence-corrected chi connectivity index (χ0v) is 12.6. The van der Waals surface area contributed by atoms with Crippen LogP contribution in [0.5, 0.6) is 5.75 Å². The van der Waals surface area contributed by atoms with Gasteiger partial charge in [-0.3, -0.25) is 10.1 Å². The van der Waals surface area contributed by atoms with Crippen molar-refractivity contribution in [2.45, 2.75) is 46.3 Å². The molecule has 0 aliphatic rings. The highest BCUT2D eigenvalue weighted by atomic mass is 16.5. The fourth-order valence-corrected chi connectivity index (χ4v) is 1.46. The second kappa shape index (κ2) is 6.41. The van der Waals surface area contributed by atoms with E-state index in [1.807, 2.05) is 39.8 Å². The molecule has 0 radical (unpaired) electrons. The van der Waals surface area contributed by atoms with Crippen LogP contribution in [0.3, 0.4) is 0 Å². The molecule has 0 spiro atoms. The van der Waals surface area contributed by atoms with Crippen LogP contribution in [-0.2, 0) is 4.79 Å². The van der Waals surface area contributed by atoms with Gasteiger partial charge in [-0.2, -0.15) is 0 Å². The van der Waals surface area contributed by atoms with Crippen LogP contribution in [0.1, 0.15) is 33.3 Å². The van der Waals surface area contributed by atoms with Crippen molar-refractivity contribution >= 4 is 11.9 Å². The predicted molar refractivity (Wildman–Crippen MR) is 77.7 cm³/mol. The van der Waals surface area contributed by atoms with Crippen LogP contribution in [-0.4, -0.2) is 23.6 Å². The molecule has 0 aliphatic carbocycles. The van der Waals surface area contributed by atoms with Gasteiger partial charge in [-0.25, -0.2) is 4.79 Å². The molecule has 0 saturated carbocycles. The van der Waals surface area contributed by atoms with Crippen molar-refractivity contribution in [3.63, 3.8) is 0 Å². The second-order valence-electron chi connectivity index (χ2n) is 5.77. The highest BCUT2D eigenvalue weighted by Gasteiger charge is 2.20. The van der Waals surface area contributed by atoms with Gasteiger partial charge in [0.05, 0.1) is 0 Å². The summed E-state index contributed by atoms with van der Waals surface area (Å²) in [4.78, 5) is 23.4. The van der Waals surface area contributed by atoms with Gasteiger partial charge in [0.15, 0.2) is 6.10 Å². The van der Waals surface area contributed by atoms with E-state index >= 15 is 0 Å². The molecule has 0 fully saturated rings. The van der Waals surface area contributed by atoms with Gasteiger partial charge in [-0.15, -0.1) is 0 Å². The lowest BCUT2D eigenvalue weighted by atomic mass is 10.1. The minimum atomic E-state index is -0.747. The molecule has 0 aliphatic heterocycles. The van der Waals surface area contributed by atoms with E-state index < -0.39 is 23.6 Å². The fourth-order valence-electron chi connectivity index (χ4n) is 1.46. The smallest absolute Gasteiger partial charge is 0.321 e. The highest BCUT2D eigenvalue weighted by molar-refractivity contribution is 5.96. The number of carbonyl (C=O) groups is 2. The van der Waals surface area contributed by atoms with E-state index in [-0.39, 0.29) is 0 Å². The van der Waals surface area contributed by atoms with Crippen LogP contribution in [0.4, 0.5) is 4.79 Å². The lowest BCUT2D eigenvalue weighted by molar-refractivity contribution is -0.126. The summed E-state index contributed by atoms with van der Waals surface area (Å²) in [5, 5.41) is 4.90. The third kappa shape index (κ3) is 5.73. The van der Waals surface area contributed by atoms with E-state index in [4.69, 9.17) is 4.74 Å². The van der Waals surface area contributed by atoms with E-state index in [0.29, 0.717) is 5.75 Å². The summed E-state index contributed by atoms with van der Waals surface area (Å²) < 4.78 is 5.47. The molecule has 1 unspecified atom stereocenters. The van der Waals surface area contributed by atoms with Crippen molar-refractivity contribution in [3.05, 3.63) is 29.8 Å². The molecule has 110 valence electrons. The number of urea groups is 1. The Balaban J connectivity index is 2.51. The lowest BCUT2D eigenvalue weighted by Gasteiger charge is -2.21. The summed E-state index contributed by atoms with van der Waals surface area (Å²) in [7, 11) is 0. The van der Waals surface area contributed by atoms with Crippen molar-refractivity contribution < 1.29 is 14.3 Å². The number of carbonyl (C=O) groups excluding carboxylic acids is 2. The summed E-state index contributed by atoms with van der Waals surface area (Å²) in [6, 6.07) is 6.84. The molecule has 1 aromatic carbocycles. The third-order valence-electron chi connectivity index (χ3n) is 2.43. The Morgan fingerprint density at radius 3 is 2.20 bits per heavy atom. The van der Waals surface area contributed by atoms with Crippen molar-refractivity contribution in [2.24, 2.45) is 0 Å². The van der Waals surface area contributed by atoms with Gasteiger partial charge in [0, 0.05) is 5.54 Å². The maximum absolute atomic E-state index is 11.8. The number of hydrogen-bond acceptors (Lipinski definition) is 3. The SMILES string of the molecule is Cc1ccc(OC(C)C(=O)NC(=O)NC(C)(C)C)cc1. The summed E-state index contributed by atoms with van der Waals surface area (Å²) in [6.07, 6.45) is -0.747. The van der Waals surface area contributed by atoms with E-state index in [1.165, 1.54) is 0 Å². The first kappa shape index (κ1) is 16.0. The Morgan fingerprint density at radius 2 is 1.70 bits per heavy atom. The molecule has 5 heteroatoms. The highest BCUT2D eigenvalue weighted by Crippen LogP contribution is 2.13. The number of hydrogen-bond donors (Lipinski definition) is 2. The number of amides is 3. The molecule has 0 aromatic heterocycles. The van der Waals surface area contributed by atoms with Crippen LogP contribution in [0.2, 0.25) is 0 Å². The van der Waals surface area contributed by atoms with Crippen LogP contribution >= 0.6 is 0 Å². The number of ether oxygens (including phenoxy) is 1. The van der Waals surface area contributed by atoms with Gasteiger partial charge in [0.1, 0.15) is 5.75 Å². The Hall–Kier alpha value is -2.04. The molecule has 0 heterocycles. The monoisotopic (exact) mass is 278 g/mol. The zero-order valence-electron chi connectivity index (χ0n) is 12.6. The Morgan fingerprint density at radius 1 is 1.15 bits per heavy atom. The van der Waals surface area contributed by atoms with Gasteiger partial charge in [0.25, 0.3) is 5.91 Å². The largest absolute Gasteiger partial charge is 0.481 e. The normalized spacial score (nSPS) is 12.4. The number of benzene rings is 1. The topological polar surface area (TPSA) is 67.4 Å². The maximum Gasteiger partial charge on any atom is 0.321 e. The zero-order chi connectivity index (χ0) is 15.3. The number of aryl methyl sites for hydroxylation is 1. The molecule has 1 atom stereocenters. The minimum absolute atomic E-state index is 0.397. The lowest BCUT2D eigenvalue weighted by Crippen LogP contribution is -2.50. The van der Waals surface area contributed by atoms with Gasteiger partial charge in [0.2, 0.25) is 0 Å². The van der Waals surface area contributed by atoms with E-state index in [0.717, 1.165) is 5.56 Å². The predicted octanol–water partition coefficient (Wildman–Crippen LogP) is 2.39. The summed E-state index contributed by atoms with van der Waals surface area (Å²) in [5.41, 5.74) is 0.713. The molecular weight excluding hydrogens is 256 g/mol. The molecule has 0 saturated heterocycles. The van der Waals surface area contributed by atoms with E-state index in [1.54, 1.807) is 19.1 Å². The summed E-state index contributed by atoms with van der Waals surface area (Å²) in [5.74, 6) is 0.113. The van der Waals surface area contributed by atoms with Gasteiger partial charge in [-0.1, -0.05) is 17.7 Å². The van der Waals surface area contributed by atoms with Gasteiger partial charge in [-0.05, 0) is 46.8 Å². The van der Waals surface area contributed by atoms with E-state index in [9.17, 15) is 9.59 Å². The molecule has 2 N–H and O–H groups in total. The van der Waals surface area contributed by atoms with Crippen molar-refractivity contribution in [3.8, 4) is 5.75 Å². The molecule has 3 amide bonds. The van der Waals surface area contributed by atoms with Crippen LogP contribution in [0, 0.1) is 6.92 Å². The quantitative estimate of drug-likeness (QED) is 0.892. The van der Waals surface area contributed by atoms with Gasteiger partial charge >= 0.3 is 6.03 Å².